The third kappa shape index (κ3) is 3.61. The average Bonchev–Trinajstić information content (AvgIpc) is 2.47. The first-order valence-electron chi connectivity index (χ1n) is 6.24. The van der Waals surface area contributed by atoms with Crippen molar-refractivity contribution in [3.63, 3.8) is 0 Å². The first-order chi connectivity index (χ1) is 9.60. The predicted octanol–water partition coefficient (Wildman–Crippen LogP) is 3.73. The van der Waals surface area contributed by atoms with Gasteiger partial charge in [0.25, 0.3) is 5.91 Å². The number of amides is 1. The molecule has 2 aromatic rings. The summed E-state index contributed by atoms with van der Waals surface area (Å²) >= 11 is 3.36. The van der Waals surface area contributed by atoms with Crippen LogP contribution in [0.15, 0.2) is 53.0 Å². The zero-order chi connectivity index (χ0) is 14.5. The molecular formula is C16H16BrNO2. The Bertz CT molecular complexity index is 596. The number of hydrogen-bond donors (Lipinski definition) is 0. The molecule has 0 unspecified atom stereocenters. The monoisotopic (exact) mass is 333 g/mol. The summed E-state index contributed by atoms with van der Waals surface area (Å²) in [5.74, 6) is 0.798. The zero-order valence-electron chi connectivity index (χ0n) is 11.5. The third-order valence-electron chi connectivity index (χ3n) is 2.99. The van der Waals surface area contributed by atoms with Gasteiger partial charge in [-0.05, 0) is 42.0 Å². The van der Waals surface area contributed by atoms with E-state index in [0.29, 0.717) is 12.1 Å². The van der Waals surface area contributed by atoms with Crippen LogP contribution in [-0.2, 0) is 6.54 Å². The molecule has 104 valence electrons. The lowest BCUT2D eigenvalue weighted by molar-refractivity contribution is 0.0785. The van der Waals surface area contributed by atoms with E-state index in [0.717, 1.165) is 15.8 Å². The minimum Gasteiger partial charge on any atom is -0.497 e. The lowest BCUT2D eigenvalue weighted by atomic mass is 10.1. The molecule has 0 spiro atoms. The maximum Gasteiger partial charge on any atom is 0.253 e. The van der Waals surface area contributed by atoms with E-state index in [4.69, 9.17) is 4.74 Å². The summed E-state index contributed by atoms with van der Waals surface area (Å²) in [6.45, 7) is 0.548. The molecule has 2 rings (SSSR count). The molecule has 0 saturated heterocycles. The van der Waals surface area contributed by atoms with E-state index in [-0.39, 0.29) is 5.91 Å². The number of nitrogens with zero attached hydrogens (tertiary/aromatic N) is 1. The summed E-state index contributed by atoms with van der Waals surface area (Å²) in [4.78, 5) is 14.0. The van der Waals surface area contributed by atoms with Gasteiger partial charge < -0.3 is 9.64 Å². The Morgan fingerprint density at radius 3 is 2.55 bits per heavy atom. The van der Waals surface area contributed by atoms with Gasteiger partial charge in [0.05, 0.1) is 7.11 Å². The van der Waals surface area contributed by atoms with E-state index in [9.17, 15) is 4.79 Å². The standard InChI is InChI=1S/C16H16BrNO2/c1-18(11-12-4-3-5-15(10-12)20-2)16(19)13-6-8-14(17)9-7-13/h3-10H,11H2,1-2H3. The highest BCUT2D eigenvalue weighted by Gasteiger charge is 2.12. The van der Waals surface area contributed by atoms with Crippen LogP contribution in [0.5, 0.6) is 5.75 Å². The molecule has 0 aromatic heterocycles. The van der Waals surface area contributed by atoms with Gasteiger partial charge in [0.1, 0.15) is 5.75 Å². The van der Waals surface area contributed by atoms with Gasteiger partial charge in [0, 0.05) is 23.6 Å². The number of hydrogen-bond acceptors (Lipinski definition) is 2. The Kier molecular flexibility index (Phi) is 4.79. The Labute approximate surface area is 127 Å². The Balaban J connectivity index is 2.09. The van der Waals surface area contributed by atoms with Crippen molar-refractivity contribution < 1.29 is 9.53 Å². The van der Waals surface area contributed by atoms with Crippen LogP contribution in [0, 0.1) is 0 Å². The van der Waals surface area contributed by atoms with Gasteiger partial charge in [-0.25, -0.2) is 0 Å². The van der Waals surface area contributed by atoms with Gasteiger partial charge >= 0.3 is 0 Å². The number of carbonyl (C=O) groups is 1. The van der Waals surface area contributed by atoms with Gasteiger partial charge in [0.15, 0.2) is 0 Å². The molecule has 4 heteroatoms. The van der Waals surface area contributed by atoms with E-state index in [1.807, 2.05) is 48.5 Å². The fraction of sp³-hybridized carbons (Fsp3) is 0.188. The van der Waals surface area contributed by atoms with E-state index >= 15 is 0 Å². The molecule has 0 bridgehead atoms. The van der Waals surface area contributed by atoms with Crippen molar-refractivity contribution in [2.75, 3.05) is 14.2 Å². The van der Waals surface area contributed by atoms with Crippen molar-refractivity contribution in [2.24, 2.45) is 0 Å². The highest BCUT2D eigenvalue weighted by Crippen LogP contribution is 2.16. The van der Waals surface area contributed by atoms with Crippen molar-refractivity contribution in [1.29, 1.82) is 0 Å². The molecule has 0 fully saturated rings. The minimum absolute atomic E-state index is 0.000296. The maximum atomic E-state index is 12.3. The maximum absolute atomic E-state index is 12.3. The van der Waals surface area contributed by atoms with Crippen LogP contribution in [0.3, 0.4) is 0 Å². The Morgan fingerprint density at radius 2 is 1.90 bits per heavy atom. The molecule has 0 radical (unpaired) electrons. The first-order valence-corrected chi connectivity index (χ1v) is 7.03. The Morgan fingerprint density at radius 1 is 1.20 bits per heavy atom. The van der Waals surface area contributed by atoms with Crippen molar-refractivity contribution in [2.45, 2.75) is 6.54 Å². The van der Waals surface area contributed by atoms with E-state index in [2.05, 4.69) is 15.9 Å². The molecule has 0 saturated carbocycles. The van der Waals surface area contributed by atoms with Gasteiger partial charge in [-0.15, -0.1) is 0 Å². The second-order valence-corrected chi connectivity index (χ2v) is 5.44. The molecule has 0 aliphatic heterocycles. The van der Waals surface area contributed by atoms with Crippen molar-refractivity contribution >= 4 is 21.8 Å². The van der Waals surface area contributed by atoms with Gasteiger partial charge in [-0.1, -0.05) is 28.1 Å². The summed E-state index contributed by atoms with van der Waals surface area (Å²) in [5.41, 5.74) is 1.72. The lowest BCUT2D eigenvalue weighted by Gasteiger charge is -2.17. The van der Waals surface area contributed by atoms with Crippen LogP contribution in [0.1, 0.15) is 15.9 Å². The number of rotatable bonds is 4. The van der Waals surface area contributed by atoms with Crippen LogP contribution in [0.2, 0.25) is 0 Å². The summed E-state index contributed by atoms with van der Waals surface area (Å²) in [5, 5.41) is 0. The topological polar surface area (TPSA) is 29.5 Å². The molecule has 0 N–H and O–H groups in total. The summed E-state index contributed by atoms with van der Waals surface area (Å²) < 4.78 is 6.15. The third-order valence-corrected chi connectivity index (χ3v) is 3.52. The minimum atomic E-state index is 0.000296. The van der Waals surface area contributed by atoms with E-state index < -0.39 is 0 Å². The number of halogens is 1. The molecule has 1 amide bonds. The average molecular weight is 334 g/mol. The van der Waals surface area contributed by atoms with Crippen molar-refractivity contribution in [3.05, 3.63) is 64.1 Å². The summed E-state index contributed by atoms with van der Waals surface area (Å²) in [6.07, 6.45) is 0. The van der Waals surface area contributed by atoms with Gasteiger partial charge in [0.2, 0.25) is 0 Å². The Hall–Kier alpha value is -1.81. The lowest BCUT2D eigenvalue weighted by Crippen LogP contribution is -2.26. The molecule has 20 heavy (non-hydrogen) atoms. The van der Waals surface area contributed by atoms with Crippen LogP contribution >= 0.6 is 15.9 Å². The van der Waals surface area contributed by atoms with E-state index in [1.54, 1.807) is 19.1 Å². The van der Waals surface area contributed by atoms with Gasteiger partial charge in [-0.2, -0.15) is 0 Å². The van der Waals surface area contributed by atoms with Crippen LogP contribution in [0.4, 0.5) is 0 Å². The quantitative estimate of drug-likeness (QED) is 0.853. The van der Waals surface area contributed by atoms with Gasteiger partial charge in [-0.3, -0.25) is 4.79 Å². The van der Waals surface area contributed by atoms with Crippen LogP contribution in [-0.4, -0.2) is 25.0 Å². The zero-order valence-corrected chi connectivity index (χ0v) is 13.1. The normalized spacial score (nSPS) is 10.2. The molecule has 2 aromatic carbocycles. The molecule has 0 aliphatic carbocycles. The number of ether oxygens (including phenoxy) is 1. The SMILES string of the molecule is COc1cccc(CN(C)C(=O)c2ccc(Br)cc2)c1. The largest absolute Gasteiger partial charge is 0.497 e. The van der Waals surface area contributed by atoms with Crippen LogP contribution < -0.4 is 4.74 Å². The predicted molar refractivity (Wildman–Crippen MR) is 82.9 cm³/mol. The van der Waals surface area contributed by atoms with E-state index in [1.165, 1.54) is 0 Å². The molecular weight excluding hydrogens is 318 g/mol. The van der Waals surface area contributed by atoms with Crippen molar-refractivity contribution in [3.8, 4) is 5.75 Å². The summed E-state index contributed by atoms with van der Waals surface area (Å²) in [6, 6.07) is 15.1. The fourth-order valence-electron chi connectivity index (χ4n) is 1.93. The molecule has 3 nitrogen and oxygen atoms in total. The first kappa shape index (κ1) is 14.6. The number of methoxy groups -OCH3 is 1. The second kappa shape index (κ2) is 6.57. The summed E-state index contributed by atoms with van der Waals surface area (Å²) in [7, 11) is 3.43. The highest BCUT2D eigenvalue weighted by atomic mass is 79.9. The van der Waals surface area contributed by atoms with Crippen molar-refractivity contribution in [1.82, 2.24) is 4.90 Å². The van der Waals surface area contributed by atoms with Crippen LogP contribution in [0.25, 0.3) is 0 Å². The second-order valence-electron chi connectivity index (χ2n) is 4.52. The number of benzene rings is 2. The molecule has 0 aliphatic rings. The highest BCUT2D eigenvalue weighted by molar-refractivity contribution is 9.10. The molecule has 0 heterocycles. The fourth-order valence-corrected chi connectivity index (χ4v) is 2.19. The smallest absolute Gasteiger partial charge is 0.253 e. The number of carbonyl (C=O) groups excluding carboxylic acids is 1. The molecule has 0 atom stereocenters.